The highest BCUT2D eigenvalue weighted by Gasteiger charge is 2.28. The van der Waals surface area contributed by atoms with Gasteiger partial charge in [0.25, 0.3) is 11.8 Å². The molecule has 2 aromatic carbocycles. The summed E-state index contributed by atoms with van der Waals surface area (Å²) in [5.74, 6) is 0.767. The van der Waals surface area contributed by atoms with E-state index in [0.29, 0.717) is 41.4 Å². The molecule has 0 bridgehead atoms. The van der Waals surface area contributed by atoms with Gasteiger partial charge in [0.05, 0.1) is 17.4 Å². The number of benzene rings is 2. The predicted molar refractivity (Wildman–Crippen MR) is 102 cm³/mol. The Labute approximate surface area is 158 Å². The lowest BCUT2D eigenvalue weighted by atomic mass is 10.1. The van der Waals surface area contributed by atoms with Gasteiger partial charge in [-0.25, -0.2) is 0 Å². The third-order valence-corrected chi connectivity index (χ3v) is 4.92. The van der Waals surface area contributed by atoms with Crippen LogP contribution in [0.3, 0.4) is 0 Å². The van der Waals surface area contributed by atoms with Crippen molar-refractivity contribution < 1.29 is 19.1 Å². The van der Waals surface area contributed by atoms with E-state index >= 15 is 0 Å². The van der Waals surface area contributed by atoms with Crippen LogP contribution in [0.5, 0.6) is 11.5 Å². The largest absolute Gasteiger partial charge is 0.454 e. The quantitative estimate of drug-likeness (QED) is 0.901. The second kappa shape index (κ2) is 7.40. The monoisotopic (exact) mass is 366 g/mol. The van der Waals surface area contributed by atoms with Crippen LogP contribution in [-0.4, -0.2) is 37.6 Å². The summed E-state index contributed by atoms with van der Waals surface area (Å²) in [6, 6.07) is 12.4. The van der Waals surface area contributed by atoms with Crippen molar-refractivity contribution >= 4 is 17.5 Å². The lowest BCUT2D eigenvalue weighted by Crippen LogP contribution is -2.32. The van der Waals surface area contributed by atoms with E-state index in [9.17, 15) is 9.59 Å². The Bertz CT molecular complexity index is 874. The number of hydrogen-bond acceptors (Lipinski definition) is 4. The predicted octanol–water partition coefficient (Wildman–Crippen LogP) is 3.37. The molecule has 0 aromatic heterocycles. The standard InChI is InChI=1S/C21H22N2O4/c1-2-23-17-12-14(20(24)22-13-15-6-5-11-26-15)9-10-19(17)27-18-8-4-3-7-16(18)21(23)25/h3-4,7-10,12,15H,2,5-6,11,13H2,1H3,(H,22,24)/t15-/m1/s1. The van der Waals surface area contributed by atoms with Crippen molar-refractivity contribution in [2.24, 2.45) is 0 Å². The van der Waals surface area contributed by atoms with E-state index in [4.69, 9.17) is 9.47 Å². The van der Waals surface area contributed by atoms with E-state index in [1.165, 1.54) is 0 Å². The van der Waals surface area contributed by atoms with Crippen molar-refractivity contribution in [2.75, 3.05) is 24.6 Å². The fourth-order valence-electron chi connectivity index (χ4n) is 3.49. The highest BCUT2D eigenvalue weighted by Crippen LogP contribution is 2.39. The smallest absolute Gasteiger partial charge is 0.262 e. The van der Waals surface area contributed by atoms with E-state index in [-0.39, 0.29) is 17.9 Å². The first-order valence-corrected chi connectivity index (χ1v) is 9.30. The minimum absolute atomic E-state index is 0.0846. The molecule has 0 aliphatic carbocycles. The molecule has 1 atom stereocenters. The molecule has 2 aliphatic rings. The second-order valence-corrected chi connectivity index (χ2v) is 6.68. The number of nitrogens with one attached hydrogen (secondary N) is 1. The fraction of sp³-hybridized carbons (Fsp3) is 0.333. The summed E-state index contributed by atoms with van der Waals surface area (Å²) >= 11 is 0. The molecule has 2 aliphatic heterocycles. The number of anilines is 1. The number of para-hydroxylation sites is 1. The lowest BCUT2D eigenvalue weighted by molar-refractivity contribution is 0.0857. The van der Waals surface area contributed by atoms with Crippen molar-refractivity contribution in [3.63, 3.8) is 0 Å². The Morgan fingerprint density at radius 2 is 2.07 bits per heavy atom. The summed E-state index contributed by atoms with van der Waals surface area (Å²) in [4.78, 5) is 27.1. The van der Waals surface area contributed by atoms with Gasteiger partial charge >= 0.3 is 0 Å². The topological polar surface area (TPSA) is 67.9 Å². The molecule has 0 unspecified atom stereocenters. The summed E-state index contributed by atoms with van der Waals surface area (Å²) in [6.07, 6.45) is 2.08. The molecule has 140 valence electrons. The van der Waals surface area contributed by atoms with Crippen LogP contribution >= 0.6 is 0 Å². The molecule has 2 aromatic rings. The SMILES string of the molecule is CCN1C(=O)c2ccccc2Oc2ccc(C(=O)NC[C@H]3CCCO3)cc21. The van der Waals surface area contributed by atoms with Gasteiger partial charge in [-0.05, 0) is 50.1 Å². The van der Waals surface area contributed by atoms with Crippen molar-refractivity contribution in [3.05, 3.63) is 53.6 Å². The van der Waals surface area contributed by atoms with Crippen LogP contribution in [-0.2, 0) is 4.74 Å². The Kier molecular flexibility index (Phi) is 4.81. The molecule has 2 heterocycles. The zero-order chi connectivity index (χ0) is 18.8. The number of carbonyl (C=O) groups excluding carboxylic acids is 2. The normalized spacial score (nSPS) is 18.3. The number of fused-ring (bicyclic) bond motifs is 2. The fourth-order valence-corrected chi connectivity index (χ4v) is 3.49. The summed E-state index contributed by atoms with van der Waals surface area (Å²) in [6.45, 7) is 3.63. The molecule has 6 heteroatoms. The number of ether oxygens (including phenoxy) is 2. The molecule has 2 amide bonds. The Hall–Kier alpha value is -2.86. The average Bonchev–Trinajstić information content (AvgIpc) is 3.17. The summed E-state index contributed by atoms with van der Waals surface area (Å²) in [7, 11) is 0. The highest BCUT2D eigenvalue weighted by molar-refractivity contribution is 6.10. The first-order valence-electron chi connectivity index (χ1n) is 9.30. The maximum Gasteiger partial charge on any atom is 0.262 e. The number of nitrogens with zero attached hydrogens (tertiary/aromatic N) is 1. The van der Waals surface area contributed by atoms with E-state index in [1.807, 2.05) is 19.1 Å². The number of carbonyl (C=O) groups is 2. The molecular formula is C21H22N2O4. The Morgan fingerprint density at radius 3 is 2.85 bits per heavy atom. The maximum absolute atomic E-state index is 12.9. The van der Waals surface area contributed by atoms with Gasteiger partial charge in [-0.15, -0.1) is 0 Å². The molecule has 27 heavy (non-hydrogen) atoms. The van der Waals surface area contributed by atoms with Crippen molar-refractivity contribution in [3.8, 4) is 11.5 Å². The Balaban J connectivity index is 1.61. The van der Waals surface area contributed by atoms with Gasteiger partial charge in [0, 0.05) is 25.3 Å². The van der Waals surface area contributed by atoms with Crippen LogP contribution in [0.25, 0.3) is 0 Å². The molecular weight excluding hydrogens is 344 g/mol. The van der Waals surface area contributed by atoms with Gasteiger partial charge in [0.1, 0.15) is 5.75 Å². The van der Waals surface area contributed by atoms with E-state index in [1.54, 1.807) is 35.2 Å². The van der Waals surface area contributed by atoms with Gasteiger partial charge in [-0.1, -0.05) is 12.1 Å². The van der Waals surface area contributed by atoms with Crippen LogP contribution in [0.1, 0.15) is 40.5 Å². The summed E-state index contributed by atoms with van der Waals surface area (Å²) in [5, 5.41) is 2.92. The van der Waals surface area contributed by atoms with Crippen molar-refractivity contribution in [1.82, 2.24) is 5.32 Å². The third-order valence-electron chi connectivity index (χ3n) is 4.92. The van der Waals surface area contributed by atoms with Crippen molar-refractivity contribution in [1.29, 1.82) is 0 Å². The van der Waals surface area contributed by atoms with Gasteiger partial charge in [0.2, 0.25) is 0 Å². The maximum atomic E-state index is 12.9. The first-order chi connectivity index (χ1) is 13.2. The van der Waals surface area contributed by atoms with E-state index in [0.717, 1.165) is 19.4 Å². The summed E-state index contributed by atoms with van der Waals surface area (Å²) < 4.78 is 11.5. The first kappa shape index (κ1) is 17.5. The zero-order valence-electron chi connectivity index (χ0n) is 15.2. The van der Waals surface area contributed by atoms with Crippen molar-refractivity contribution in [2.45, 2.75) is 25.9 Å². The molecule has 6 nitrogen and oxygen atoms in total. The second-order valence-electron chi connectivity index (χ2n) is 6.68. The zero-order valence-corrected chi connectivity index (χ0v) is 15.2. The highest BCUT2D eigenvalue weighted by atomic mass is 16.5. The molecule has 4 rings (SSSR count). The molecule has 0 radical (unpaired) electrons. The average molecular weight is 366 g/mol. The van der Waals surface area contributed by atoms with Gasteiger partial charge in [-0.2, -0.15) is 0 Å². The molecule has 1 fully saturated rings. The minimum Gasteiger partial charge on any atom is -0.454 e. The van der Waals surface area contributed by atoms with Crippen LogP contribution in [0.2, 0.25) is 0 Å². The molecule has 1 N–H and O–H groups in total. The number of hydrogen-bond donors (Lipinski definition) is 1. The molecule has 0 saturated carbocycles. The lowest BCUT2D eigenvalue weighted by Gasteiger charge is -2.21. The van der Waals surface area contributed by atoms with E-state index in [2.05, 4.69) is 5.32 Å². The number of amides is 2. The minimum atomic E-state index is -0.182. The van der Waals surface area contributed by atoms with Crippen LogP contribution in [0.4, 0.5) is 5.69 Å². The van der Waals surface area contributed by atoms with Gasteiger partial charge in [0.15, 0.2) is 5.75 Å². The van der Waals surface area contributed by atoms with Gasteiger partial charge in [-0.3, -0.25) is 9.59 Å². The summed E-state index contributed by atoms with van der Waals surface area (Å²) in [5.41, 5.74) is 1.61. The van der Waals surface area contributed by atoms with E-state index < -0.39 is 0 Å². The van der Waals surface area contributed by atoms with Gasteiger partial charge < -0.3 is 19.7 Å². The van der Waals surface area contributed by atoms with Crippen LogP contribution < -0.4 is 15.0 Å². The van der Waals surface area contributed by atoms with Crippen LogP contribution in [0.15, 0.2) is 42.5 Å². The third kappa shape index (κ3) is 3.40. The number of rotatable bonds is 4. The Morgan fingerprint density at radius 1 is 1.22 bits per heavy atom. The molecule has 0 spiro atoms. The van der Waals surface area contributed by atoms with Crippen LogP contribution in [0, 0.1) is 0 Å². The molecule has 1 saturated heterocycles.